The van der Waals surface area contributed by atoms with Gasteiger partial charge in [0.15, 0.2) is 0 Å². The normalized spacial score (nSPS) is 12.1. The van der Waals surface area contributed by atoms with E-state index < -0.39 is 6.10 Å². The van der Waals surface area contributed by atoms with Gasteiger partial charge in [-0.2, -0.15) is 0 Å². The molecule has 9 heteroatoms. The number of fused-ring (bicyclic) bond motifs is 1. The molecule has 0 radical (unpaired) electrons. The number of rotatable bonds is 7. The predicted octanol–water partition coefficient (Wildman–Crippen LogP) is 6.06. The number of aromatic nitrogens is 3. The van der Waals surface area contributed by atoms with Gasteiger partial charge in [-0.05, 0) is 84.2 Å². The van der Waals surface area contributed by atoms with Crippen molar-refractivity contribution >= 4 is 35.6 Å². The highest BCUT2D eigenvalue weighted by Gasteiger charge is 2.11. The topological polar surface area (TPSA) is 125 Å². The minimum atomic E-state index is -0.547. The number of benzene rings is 1. The van der Waals surface area contributed by atoms with Crippen molar-refractivity contribution in [1.29, 1.82) is 0 Å². The molecule has 0 aliphatic rings. The Kier molecular flexibility index (Phi) is 14.0. The first kappa shape index (κ1) is 33.2. The van der Waals surface area contributed by atoms with Crippen LogP contribution in [0, 0.1) is 19.3 Å². The molecule has 1 unspecified atom stereocenters. The number of hydrogen-bond donors (Lipinski definition) is 3. The number of carbonyl (C=O) groups is 1. The molecule has 0 aliphatic heterocycles. The van der Waals surface area contributed by atoms with Crippen LogP contribution in [0.2, 0.25) is 0 Å². The van der Waals surface area contributed by atoms with Crippen molar-refractivity contribution in [3.8, 4) is 18.2 Å². The highest BCUT2D eigenvalue weighted by molar-refractivity contribution is 6.11. The number of pyridine rings is 1. The lowest BCUT2D eigenvalue weighted by atomic mass is 10.1. The van der Waals surface area contributed by atoms with Gasteiger partial charge in [-0.3, -0.25) is 14.4 Å². The standard InChI is InChI=1S/C22H25N5O.C8H11N.CH2O2/c1-14(2)6-10-21(23-5)26-17-7-9-19-20(12-17)27(13-24-19)22-11-8-18(16(4)28)15(3)25-22;1-5-7(3)8(6-2)9-4;2-1-3/h6-13,16,26,28H,5H2,1-4H3;2,5H,1,3-4H3;1H,(H,2,3)/b21-10+;7-5-,9-8?;. The summed E-state index contributed by atoms with van der Waals surface area (Å²) in [5, 5.41) is 20.0. The summed E-state index contributed by atoms with van der Waals surface area (Å²) in [6.07, 6.45) is 12.2. The van der Waals surface area contributed by atoms with Gasteiger partial charge < -0.3 is 15.5 Å². The van der Waals surface area contributed by atoms with E-state index in [1.807, 2.05) is 87.7 Å². The molecule has 0 amide bonds. The van der Waals surface area contributed by atoms with Crippen molar-refractivity contribution in [2.45, 2.75) is 47.6 Å². The molecule has 0 saturated heterocycles. The van der Waals surface area contributed by atoms with Crippen LogP contribution < -0.4 is 5.32 Å². The Morgan fingerprint density at radius 3 is 2.38 bits per heavy atom. The Morgan fingerprint density at radius 1 is 1.23 bits per heavy atom. The number of aliphatic hydroxyl groups excluding tert-OH is 1. The molecule has 2 heterocycles. The van der Waals surface area contributed by atoms with Crippen LogP contribution in [0.1, 0.15) is 52.0 Å². The second-order valence-corrected chi connectivity index (χ2v) is 8.71. The van der Waals surface area contributed by atoms with Crippen LogP contribution in [0.4, 0.5) is 5.69 Å². The number of imidazole rings is 1. The second-order valence-electron chi connectivity index (χ2n) is 8.71. The average Bonchev–Trinajstić information content (AvgIpc) is 3.35. The lowest BCUT2D eigenvalue weighted by Crippen LogP contribution is -2.03. The van der Waals surface area contributed by atoms with Crippen molar-refractivity contribution in [2.75, 3.05) is 12.4 Å². The van der Waals surface area contributed by atoms with E-state index in [2.05, 4.69) is 37.9 Å². The highest BCUT2D eigenvalue weighted by Crippen LogP contribution is 2.24. The van der Waals surface area contributed by atoms with Crippen LogP contribution in [0.15, 0.2) is 81.8 Å². The molecule has 0 saturated carbocycles. The number of nitrogens with one attached hydrogen (secondary N) is 1. The van der Waals surface area contributed by atoms with E-state index in [0.717, 1.165) is 45.1 Å². The van der Waals surface area contributed by atoms with Gasteiger partial charge in [0.2, 0.25) is 0 Å². The van der Waals surface area contributed by atoms with E-state index in [9.17, 15) is 5.11 Å². The van der Waals surface area contributed by atoms with Crippen molar-refractivity contribution in [2.24, 2.45) is 9.98 Å². The zero-order valence-electron chi connectivity index (χ0n) is 24.2. The highest BCUT2D eigenvalue weighted by atomic mass is 16.3. The summed E-state index contributed by atoms with van der Waals surface area (Å²) >= 11 is 0. The SMILES string of the molecule is C#CC(=NC)/C(C)=C\C.C=N/C(=C\C=C(C)C)Nc1ccc2ncn(-c3ccc(C(C)O)c(C)n3)c2c1.O=CO. The predicted molar refractivity (Wildman–Crippen MR) is 165 cm³/mol. The first-order valence-electron chi connectivity index (χ1n) is 12.4. The molecule has 210 valence electrons. The maximum Gasteiger partial charge on any atom is 0.290 e. The number of aryl methyl sites for hydroxylation is 1. The summed E-state index contributed by atoms with van der Waals surface area (Å²) in [5.74, 6) is 3.91. The van der Waals surface area contributed by atoms with Crippen molar-refractivity contribution < 1.29 is 15.0 Å². The zero-order chi connectivity index (χ0) is 30.2. The molecule has 1 aromatic carbocycles. The van der Waals surface area contributed by atoms with E-state index in [-0.39, 0.29) is 6.47 Å². The first-order chi connectivity index (χ1) is 19.1. The number of aliphatic hydroxyl groups is 1. The van der Waals surface area contributed by atoms with Gasteiger partial charge >= 0.3 is 0 Å². The molecule has 3 rings (SSSR count). The molecule has 0 fully saturated rings. The van der Waals surface area contributed by atoms with Crippen LogP contribution in [0.3, 0.4) is 0 Å². The Balaban J connectivity index is 0.000000562. The first-order valence-corrected chi connectivity index (χ1v) is 12.4. The number of carboxylic acid groups (broad SMARTS) is 1. The number of nitrogens with zero attached hydrogens (tertiary/aromatic N) is 5. The minimum absolute atomic E-state index is 0.250. The Bertz CT molecular complexity index is 1470. The van der Waals surface area contributed by atoms with Gasteiger partial charge in [0.1, 0.15) is 23.7 Å². The molecular formula is C31H38N6O3. The average molecular weight is 543 g/mol. The van der Waals surface area contributed by atoms with E-state index in [1.165, 1.54) is 5.57 Å². The van der Waals surface area contributed by atoms with Crippen molar-refractivity contribution in [3.63, 3.8) is 0 Å². The molecule has 3 aromatic rings. The smallest absolute Gasteiger partial charge is 0.290 e. The Morgan fingerprint density at radius 2 is 1.90 bits per heavy atom. The van der Waals surface area contributed by atoms with Gasteiger partial charge in [-0.25, -0.2) is 15.0 Å². The number of anilines is 1. The fraction of sp³-hybridized carbons (Fsp3) is 0.258. The molecule has 9 nitrogen and oxygen atoms in total. The minimum Gasteiger partial charge on any atom is -0.483 e. The molecular weight excluding hydrogens is 504 g/mol. The van der Waals surface area contributed by atoms with Crippen LogP contribution in [-0.4, -0.2) is 50.7 Å². The maximum absolute atomic E-state index is 9.83. The fourth-order valence-corrected chi connectivity index (χ4v) is 3.42. The number of aliphatic imine (C=N–C) groups is 2. The zero-order valence-corrected chi connectivity index (χ0v) is 24.2. The maximum atomic E-state index is 9.83. The largest absolute Gasteiger partial charge is 0.483 e. The van der Waals surface area contributed by atoms with E-state index in [0.29, 0.717) is 5.82 Å². The molecule has 3 N–H and O–H groups in total. The molecule has 0 aliphatic carbocycles. The Hall–Kier alpha value is -4.81. The van der Waals surface area contributed by atoms with Gasteiger partial charge in [0, 0.05) is 24.0 Å². The van der Waals surface area contributed by atoms with Crippen molar-refractivity contribution in [1.82, 2.24) is 14.5 Å². The van der Waals surface area contributed by atoms with Crippen LogP contribution in [-0.2, 0) is 4.79 Å². The lowest BCUT2D eigenvalue weighted by molar-refractivity contribution is -0.122. The third kappa shape index (κ3) is 9.82. The molecule has 2 aromatic heterocycles. The molecule has 0 bridgehead atoms. The third-order valence-corrected chi connectivity index (χ3v) is 5.54. The molecule has 0 spiro atoms. The molecule has 40 heavy (non-hydrogen) atoms. The van der Waals surface area contributed by atoms with E-state index >= 15 is 0 Å². The van der Waals surface area contributed by atoms with E-state index in [4.69, 9.17) is 16.3 Å². The fourth-order valence-electron chi connectivity index (χ4n) is 3.42. The summed E-state index contributed by atoms with van der Waals surface area (Å²) in [4.78, 5) is 25.4. The van der Waals surface area contributed by atoms with Gasteiger partial charge in [0.05, 0.1) is 17.1 Å². The van der Waals surface area contributed by atoms with Crippen LogP contribution in [0.5, 0.6) is 0 Å². The van der Waals surface area contributed by atoms with Crippen LogP contribution >= 0.6 is 0 Å². The van der Waals surface area contributed by atoms with Gasteiger partial charge in [0.25, 0.3) is 6.47 Å². The second kappa shape index (κ2) is 16.9. The summed E-state index contributed by atoms with van der Waals surface area (Å²) in [6, 6.07) is 9.70. The Labute approximate surface area is 236 Å². The quantitative estimate of drug-likeness (QED) is 0.144. The lowest BCUT2D eigenvalue weighted by Gasteiger charge is -2.11. The summed E-state index contributed by atoms with van der Waals surface area (Å²) < 4.78 is 1.93. The third-order valence-electron chi connectivity index (χ3n) is 5.54. The number of hydrogen-bond acceptors (Lipinski definition) is 7. The number of allylic oxidation sites excluding steroid dienone is 5. The summed E-state index contributed by atoms with van der Waals surface area (Å²) in [6.45, 7) is 15.0. The van der Waals surface area contributed by atoms with E-state index in [1.54, 1.807) is 20.3 Å². The van der Waals surface area contributed by atoms with Gasteiger partial charge in [-0.1, -0.05) is 29.7 Å². The van der Waals surface area contributed by atoms with Crippen molar-refractivity contribution in [3.05, 3.63) is 83.1 Å². The summed E-state index contributed by atoms with van der Waals surface area (Å²) in [5.41, 5.74) is 7.26. The monoisotopic (exact) mass is 542 g/mol. The molecule has 1 atom stereocenters. The van der Waals surface area contributed by atoms with Crippen LogP contribution in [0.25, 0.3) is 16.9 Å². The summed E-state index contributed by atoms with van der Waals surface area (Å²) in [7, 11) is 1.70. The number of terminal acetylenes is 1. The van der Waals surface area contributed by atoms with Gasteiger partial charge in [-0.15, -0.1) is 6.42 Å².